The molecule has 8 heteroatoms. The van der Waals surface area contributed by atoms with Crippen molar-refractivity contribution < 1.29 is 9.59 Å². The van der Waals surface area contributed by atoms with Crippen molar-refractivity contribution in [3.05, 3.63) is 18.1 Å². The number of likely N-dealkylation sites (N-methyl/N-ethyl adjacent to an activating group) is 1. The van der Waals surface area contributed by atoms with Crippen molar-refractivity contribution in [2.24, 2.45) is 5.92 Å². The Kier molecular flexibility index (Phi) is 7.19. The van der Waals surface area contributed by atoms with E-state index >= 15 is 0 Å². The van der Waals surface area contributed by atoms with E-state index in [1.807, 2.05) is 11.9 Å². The lowest BCUT2D eigenvalue weighted by atomic mass is 9.87. The molecular formula is C20H32N6O2. The highest BCUT2D eigenvalue weighted by Gasteiger charge is 2.29. The van der Waals surface area contributed by atoms with Crippen LogP contribution in [-0.4, -0.2) is 64.3 Å². The van der Waals surface area contributed by atoms with E-state index in [9.17, 15) is 9.59 Å². The summed E-state index contributed by atoms with van der Waals surface area (Å²) in [5.74, 6) is 1.63. The van der Waals surface area contributed by atoms with Crippen LogP contribution in [0.1, 0.15) is 50.8 Å². The van der Waals surface area contributed by atoms with Crippen LogP contribution in [-0.2, 0) is 16.1 Å². The SMILES string of the molecule is CN(Cc1nccc(N)n1)C1CCN(C(=O)CNC(=O)CC2CCCCC2)C1. The Balaban J connectivity index is 1.39. The summed E-state index contributed by atoms with van der Waals surface area (Å²) in [5.41, 5.74) is 5.71. The number of hydrogen-bond acceptors (Lipinski definition) is 6. The van der Waals surface area contributed by atoms with E-state index < -0.39 is 0 Å². The van der Waals surface area contributed by atoms with E-state index in [4.69, 9.17) is 5.73 Å². The number of carbonyl (C=O) groups excluding carboxylic acids is 2. The number of likely N-dealkylation sites (tertiary alicyclic amines) is 1. The summed E-state index contributed by atoms with van der Waals surface area (Å²) in [6, 6.07) is 1.93. The van der Waals surface area contributed by atoms with Gasteiger partial charge in [-0.3, -0.25) is 14.5 Å². The topological polar surface area (TPSA) is 104 Å². The number of nitrogen functional groups attached to an aromatic ring is 1. The molecule has 3 rings (SSSR count). The van der Waals surface area contributed by atoms with Gasteiger partial charge in [0.05, 0.1) is 13.1 Å². The summed E-state index contributed by atoms with van der Waals surface area (Å²) in [5, 5.41) is 2.82. The largest absolute Gasteiger partial charge is 0.384 e. The Morgan fingerprint density at radius 3 is 2.82 bits per heavy atom. The molecule has 0 aromatic carbocycles. The van der Waals surface area contributed by atoms with Crippen LogP contribution >= 0.6 is 0 Å². The minimum Gasteiger partial charge on any atom is -0.384 e. The first-order valence-corrected chi connectivity index (χ1v) is 10.3. The van der Waals surface area contributed by atoms with Gasteiger partial charge >= 0.3 is 0 Å². The number of aromatic nitrogens is 2. The first-order chi connectivity index (χ1) is 13.5. The molecule has 1 aromatic rings. The minimum atomic E-state index is -0.00639. The number of nitrogens with zero attached hydrogens (tertiary/aromatic N) is 4. The molecule has 28 heavy (non-hydrogen) atoms. The van der Waals surface area contributed by atoms with E-state index in [1.165, 1.54) is 19.3 Å². The highest BCUT2D eigenvalue weighted by atomic mass is 16.2. The summed E-state index contributed by atoms with van der Waals surface area (Å²) in [6.45, 7) is 2.07. The molecule has 2 aliphatic rings. The average Bonchev–Trinajstić information content (AvgIpc) is 3.17. The van der Waals surface area contributed by atoms with Gasteiger partial charge in [-0.05, 0) is 38.3 Å². The molecule has 8 nitrogen and oxygen atoms in total. The smallest absolute Gasteiger partial charge is 0.242 e. The van der Waals surface area contributed by atoms with Crippen molar-refractivity contribution in [3.8, 4) is 0 Å². The van der Waals surface area contributed by atoms with E-state index in [0.717, 1.165) is 19.3 Å². The molecular weight excluding hydrogens is 356 g/mol. The molecule has 3 N–H and O–H groups in total. The minimum absolute atomic E-state index is 0.00639. The van der Waals surface area contributed by atoms with Crippen LogP contribution in [0.5, 0.6) is 0 Å². The van der Waals surface area contributed by atoms with E-state index in [-0.39, 0.29) is 24.4 Å². The van der Waals surface area contributed by atoms with Crippen molar-refractivity contribution in [1.29, 1.82) is 0 Å². The number of nitrogens with two attached hydrogens (primary N) is 1. The van der Waals surface area contributed by atoms with Gasteiger partial charge in [-0.2, -0.15) is 0 Å². The van der Waals surface area contributed by atoms with Gasteiger partial charge in [0.1, 0.15) is 11.6 Å². The van der Waals surface area contributed by atoms with Gasteiger partial charge in [0.15, 0.2) is 0 Å². The van der Waals surface area contributed by atoms with Gasteiger partial charge in [-0.25, -0.2) is 9.97 Å². The lowest BCUT2D eigenvalue weighted by Gasteiger charge is -2.24. The molecule has 2 fully saturated rings. The van der Waals surface area contributed by atoms with Crippen LogP contribution in [0.25, 0.3) is 0 Å². The average molecular weight is 389 g/mol. The molecule has 1 unspecified atom stereocenters. The third-order valence-electron chi connectivity index (χ3n) is 5.89. The normalized spacial score (nSPS) is 20.5. The second-order valence-corrected chi connectivity index (χ2v) is 8.08. The van der Waals surface area contributed by atoms with Gasteiger partial charge in [0.2, 0.25) is 11.8 Å². The zero-order valence-electron chi connectivity index (χ0n) is 16.8. The van der Waals surface area contributed by atoms with Crippen molar-refractivity contribution in [1.82, 2.24) is 25.1 Å². The quantitative estimate of drug-likeness (QED) is 0.727. The zero-order chi connectivity index (χ0) is 19.9. The molecule has 0 radical (unpaired) electrons. The summed E-state index contributed by atoms with van der Waals surface area (Å²) >= 11 is 0. The molecule has 0 spiro atoms. The van der Waals surface area contributed by atoms with Crippen molar-refractivity contribution in [3.63, 3.8) is 0 Å². The molecule has 1 saturated heterocycles. The molecule has 2 amide bonds. The Bertz CT molecular complexity index is 676. The van der Waals surface area contributed by atoms with E-state index in [1.54, 1.807) is 12.3 Å². The van der Waals surface area contributed by atoms with Crippen molar-refractivity contribution >= 4 is 17.6 Å². The van der Waals surface area contributed by atoms with E-state index in [2.05, 4.69) is 20.2 Å². The van der Waals surface area contributed by atoms with Gasteiger partial charge in [-0.1, -0.05) is 19.3 Å². The van der Waals surface area contributed by atoms with Crippen LogP contribution in [0, 0.1) is 5.92 Å². The van der Waals surface area contributed by atoms with Gasteiger partial charge in [0.25, 0.3) is 0 Å². The number of rotatable bonds is 7. The highest BCUT2D eigenvalue weighted by Crippen LogP contribution is 2.26. The molecule has 1 aliphatic carbocycles. The molecule has 2 heterocycles. The third kappa shape index (κ3) is 5.89. The Morgan fingerprint density at radius 2 is 2.07 bits per heavy atom. The van der Waals surface area contributed by atoms with Crippen LogP contribution in [0.2, 0.25) is 0 Å². The van der Waals surface area contributed by atoms with Gasteiger partial charge in [-0.15, -0.1) is 0 Å². The van der Waals surface area contributed by atoms with Gasteiger partial charge < -0.3 is 16.0 Å². The third-order valence-corrected chi connectivity index (χ3v) is 5.89. The standard InChI is InChI=1S/C20H32N6O2/c1-25(14-18-22-9-7-17(21)24-18)16-8-10-26(13-16)20(28)12-23-19(27)11-15-5-3-2-4-6-15/h7,9,15-16H,2-6,8,10-14H2,1H3,(H,23,27)(H2,21,22,24). The first kappa shape index (κ1) is 20.5. The second kappa shape index (κ2) is 9.82. The molecule has 1 aliphatic heterocycles. The number of carbonyl (C=O) groups is 2. The second-order valence-electron chi connectivity index (χ2n) is 8.08. The highest BCUT2D eigenvalue weighted by molar-refractivity contribution is 5.85. The lowest BCUT2D eigenvalue weighted by Crippen LogP contribution is -2.41. The molecule has 154 valence electrons. The number of hydrogen-bond donors (Lipinski definition) is 2. The summed E-state index contributed by atoms with van der Waals surface area (Å²) in [4.78, 5) is 37.0. The molecule has 1 saturated carbocycles. The first-order valence-electron chi connectivity index (χ1n) is 10.3. The predicted molar refractivity (Wildman–Crippen MR) is 107 cm³/mol. The zero-order valence-corrected chi connectivity index (χ0v) is 16.8. The fraction of sp³-hybridized carbons (Fsp3) is 0.700. The fourth-order valence-corrected chi connectivity index (χ4v) is 4.18. The Labute approximate surface area is 166 Å². The molecule has 0 bridgehead atoms. The maximum absolute atomic E-state index is 12.5. The Morgan fingerprint density at radius 1 is 1.29 bits per heavy atom. The van der Waals surface area contributed by atoms with Gasteiger partial charge in [0, 0.05) is 31.7 Å². The van der Waals surface area contributed by atoms with Crippen LogP contribution < -0.4 is 11.1 Å². The molecule has 1 atom stereocenters. The monoisotopic (exact) mass is 388 g/mol. The predicted octanol–water partition coefficient (Wildman–Crippen LogP) is 1.18. The summed E-state index contributed by atoms with van der Waals surface area (Å²) < 4.78 is 0. The van der Waals surface area contributed by atoms with Crippen LogP contribution in [0.4, 0.5) is 5.82 Å². The summed E-state index contributed by atoms with van der Waals surface area (Å²) in [7, 11) is 2.01. The van der Waals surface area contributed by atoms with Crippen molar-refractivity contribution in [2.45, 2.75) is 57.5 Å². The lowest BCUT2D eigenvalue weighted by molar-refractivity contribution is -0.132. The van der Waals surface area contributed by atoms with Crippen LogP contribution in [0.3, 0.4) is 0 Å². The van der Waals surface area contributed by atoms with E-state index in [0.29, 0.717) is 43.6 Å². The maximum Gasteiger partial charge on any atom is 0.242 e. The maximum atomic E-state index is 12.5. The summed E-state index contributed by atoms with van der Waals surface area (Å²) in [6.07, 6.45) is 9.12. The number of nitrogens with one attached hydrogen (secondary N) is 1. The molecule has 1 aromatic heterocycles. The number of anilines is 1. The van der Waals surface area contributed by atoms with Crippen molar-refractivity contribution in [2.75, 3.05) is 32.4 Å². The number of amides is 2. The fourth-order valence-electron chi connectivity index (χ4n) is 4.18. The Hall–Kier alpha value is -2.22. The van der Waals surface area contributed by atoms with Crippen LogP contribution in [0.15, 0.2) is 12.3 Å².